The van der Waals surface area contributed by atoms with E-state index in [1.54, 1.807) is 13.3 Å². The average molecular weight is 623 g/mol. The van der Waals surface area contributed by atoms with E-state index in [2.05, 4.69) is 53.2 Å². The summed E-state index contributed by atoms with van der Waals surface area (Å²) in [6, 6.07) is 12.7. The normalized spacial score (nSPS) is 13.9. The first-order chi connectivity index (χ1) is 19.2. The summed E-state index contributed by atoms with van der Waals surface area (Å²) in [5, 5.41) is 6.58. The van der Waals surface area contributed by atoms with Gasteiger partial charge < -0.3 is 34.6 Å². The van der Waals surface area contributed by atoms with Gasteiger partial charge in [0, 0.05) is 62.6 Å². The summed E-state index contributed by atoms with van der Waals surface area (Å²) >= 11 is 0. The van der Waals surface area contributed by atoms with Gasteiger partial charge in [-0.2, -0.15) is 0 Å². The molecule has 0 aliphatic carbocycles. The van der Waals surface area contributed by atoms with Crippen LogP contribution in [0.4, 0.5) is 10.5 Å². The van der Waals surface area contributed by atoms with Crippen LogP contribution in [0.5, 0.6) is 23.0 Å². The Morgan fingerprint density at radius 1 is 0.976 bits per heavy atom. The van der Waals surface area contributed by atoms with Crippen LogP contribution in [0.2, 0.25) is 0 Å². The second kappa shape index (κ2) is 16.6. The molecule has 2 amide bonds. The highest BCUT2D eigenvalue weighted by atomic mass is 35.5. The van der Waals surface area contributed by atoms with Gasteiger partial charge in [0.25, 0.3) is 0 Å². The second-order valence-electron chi connectivity index (χ2n) is 11.5. The molecule has 1 aliphatic rings. The number of ether oxygens (including phenoxy) is 3. The fourth-order valence-corrected chi connectivity index (χ4v) is 4.49. The maximum atomic E-state index is 12.2. The van der Waals surface area contributed by atoms with E-state index < -0.39 is 0 Å². The zero-order valence-electron chi connectivity index (χ0n) is 25.3. The second-order valence-corrected chi connectivity index (χ2v) is 11.5. The number of amides is 2. The molecule has 232 valence electrons. The number of urea groups is 1. The maximum absolute atomic E-state index is 12.2. The average Bonchev–Trinajstić information content (AvgIpc) is 2.92. The largest absolute Gasteiger partial charge is 0.493 e. The summed E-state index contributed by atoms with van der Waals surface area (Å²) < 4.78 is 17.9. The fourth-order valence-electron chi connectivity index (χ4n) is 4.49. The standard InChI is InChI=1S/C31H43N5O4.2ClH/c1-31(2,3)12-14-33-30(37)34-23-7-9-24(10-8-23)40-27-11-13-32-26-22-29(28(38-5)21-25(26)27)39-20-6-15-36-18-16-35(4)17-19-36;;/h7-11,13,21-22H,6,12,14-20H2,1-5H3,(H2,33,34,37);2*1H. The van der Waals surface area contributed by atoms with E-state index >= 15 is 0 Å². The van der Waals surface area contributed by atoms with Crippen molar-refractivity contribution in [3.8, 4) is 23.0 Å². The van der Waals surface area contributed by atoms with Crippen LogP contribution in [-0.4, -0.2) is 80.8 Å². The van der Waals surface area contributed by atoms with Gasteiger partial charge in [0.05, 0.1) is 19.2 Å². The van der Waals surface area contributed by atoms with E-state index in [-0.39, 0.29) is 36.3 Å². The van der Waals surface area contributed by atoms with E-state index in [4.69, 9.17) is 14.2 Å². The molecule has 11 heteroatoms. The Morgan fingerprint density at radius 2 is 1.69 bits per heavy atom. The van der Waals surface area contributed by atoms with Crippen molar-refractivity contribution in [1.29, 1.82) is 0 Å². The molecule has 42 heavy (non-hydrogen) atoms. The van der Waals surface area contributed by atoms with Crippen LogP contribution < -0.4 is 24.8 Å². The number of fused-ring (bicyclic) bond motifs is 1. The molecule has 9 nitrogen and oxygen atoms in total. The zero-order valence-corrected chi connectivity index (χ0v) is 26.9. The first-order valence-corrected chi connectivity index (χ1v) is 14.0. The van der Waals surface area contributed by atoms with Gasteiger partial charge in [0.15, 0.2) is 11.5 Å². The third kappa shape index (κ3) is 10.7. The van der Waals surface area contributed by atoms with Gasteiger partial charge in [-0.3, -0.25) is 4.98 Å². The molecule has 4 rings (SSSR count). The number of hydrogen-bond acceptors (Lipinski definition) is 7. The smallest absolute Gasteiger partial charge is 0.319 e. The Kier molecular flexibility index (Phi) is 13.9. The molecule has 0 unspecified atom stereocenters. The highest BCUT2D eigenvalue weighted by Gasteiger charge is 2.15. The Bertz CT molecular complexity index is 1260. The lowest BCUT2D eigenvalue weighted by Gasteiger charge is -2.32. The Labute approximate surface area is 262 Å². The lowest BCUT2D eigenvalue weighted by Crippen LogP contribution is -2.44. The Hall–Kier alpha value is -2.98. The molecule has 0 saturated carbocycles. The minimum atomic E-state index is -0.220. The quantitative estimate of drug-likeness (QED) is 0.238. The van der Waals surface area contributed by atoms with Gasteiger partial charge in [-0.1, -0.05) is 20.8 Å². The number of hydrogen-bond donors (Lipinski definition) is 2. The summed E-state index contributed by atoms with van der Waals surface area (Å²) in [4.78, 5) is 21.6. The van der Waals surface area contributed by atoms with Crippen molar-refractivity contribution >= 4 is 47.4 Å². The number of halogens is 2. The molecule has 0 bridgehead atoms. The zero-order chi connectivity index (χ0) is 28.5. The molecule has 1 saturated heterocycles. The predicted molar refractivity (Wildman–Crippen MR) is 174 cm³/mol. The van der Waals surface area contributed by atoms with Crippen LogP contribution >= 0.6 is 24.8 Å². The number of benzene rings is 2. The van der Waals surface area contributed by atoms with Crippen LogP contribution in [-0.2, 0) is 0 Å². The number of anilines is 1. The molecular weight excluding hydrogens is 577 g/mol. The lowest BCUT2D eigenvalue weighted by molar-refractivity contribution is 0.145. The predicted octanol–water partition coefficient (Wildman–Crippen LogP) is 6.45. The van der Waals surface area contributed by atoms with Crippen molar-refractivity contribution in [1.82, 2.24) is 20.1 Å². The van der Waals surface area contributed by atoms with Crippen molar-refractivity contribution < 1.29 is 19.0 Å². The minimum Gasteiger partial charge on any atom is -0.493 e. The summed E-state index contributed by atoms with van der Waals surface area (Å²) in [5.74, 6) is 2.62. The van der Waals surface area contributed by atoms with Crippen molar-refractivity contribution in [3.63, 3.8) is 0 Å². The van der Waals surface area contributed by atoms with Crippen LogP contribution in [0.1, 0.15) is 33.6 Å². The number of carbonyl (C=O) groups is 1. The van der Waals surface area contributed by atoms with Crippen molar-refractivity contribution in [2.75, 3.05) is 65.3 Å². The summed E-state index contributed by atoms with van der Waals surface area (Å²) in [6.45, 7) is 13.2. The van der Waals surface area contributed by atoms with Gasteiger partial charge in [-0.05, 0) is 61.7 Å². The topological polar surface area (TPSA) is 88.2 Å². The third-order valence-corrected chi connectivity index (χ3v) is 6.96. The lowest BCUT2D eigenvalue weighted by atomic mass is 9.92. The summed E-state index contributed by atoms with van der Waals surface area (Å²) in [7, 11) is 3.81. The molecule has 0 atom stereocenters. The monoisotopic (exact) mass is 621 g/mol. The van der Waals surface area contributed by atoms with E-state index in [0.717, 1.165) is 56.5 Å². The molecule has 2 heterocycles. The number of aromatic nitrogens is 1. The summed E-state index contributed by atoms with van der Waals surface area (Å²) in [5.41, 5.74) is 1.63. The Balaban J connectivity index is 0.00000308. The number of rotatable bonds is 11. The molecule has 1 fully saturated rings. The SMILES string of the molecule is COc1cc2c(Oc3ccc(NC(=O)NCCC(C)(C)C)cc3)ccnc2cc1OCCCN1CCN(C)CC1.Cl.Cl. The van der Waals surface area contributed by atoms with E-state index in [9.17, 15) is 4.79 Å². The molecular formula is C31H45Cl2N5O4. The Morgan fingerprint density at radius 3 is 2.36 bits per heavy atom. The highest BCUT2D eigenvalue weighted by Crippen LogP contribution is 2.37. The third-order valence-electron chi connectivity index (χ3n) is 6.96. The number of likely N-dealkylation sites (N-methyl/N-ethyl adjacent to an activating group) is 1. The number of carbonyl (C=O) groups excluding carboxylic acids is 1. The van der Waals surface area contributed by atoms with E-state index in [1.807, 2.05) is 42.5 Å². The van der Waals surface area contributed by atoms with Gasteiger partial charge in [0.2, 0.25) is 0 Å². The highest BCUT2D eigenvalue weighted by molar-refractivity contribution is 5.90. The van der Waals surface area contributed by atoms with Crippen molar-refractivity contribution in [3.05, 3.63) is 48.7 Å². The first kappa shape index (κ1) is 35.2. The summed E-state index contributed by atoms with van der Waals surface area (Å²) in [6.07, 6.45) is 3.58. The van der Waals surface area contributed by atoms with Crippen molar-refractivity contribution in [2.45, 2.75) is 33.6 Å². The molecule has 2 N–H and O–H groups in total. The van der Waals surface area contributed by atoms with Crippen molar-refractivity contribution in [2.24, 2.45) is 5.41 Å². The van der Waals surface area contributed by atoms with Gasteiger partial charge in [-0.25, -0.2) is 4.79 Å². The number of pyridine rings is 1. The number of nitrogens with zero attached hydrogens (tertiary/aromatic N) is 3. The number of methoxy groups -OCH3 is 1. The molecule has 3 aromatic rings. The minimum absolute atomic E-state index is 0. The number of piperazine rings is 1. The van der Waals surface area contributed by atoms with E-state index in [0.29, 0.717) is 41.8 Å². The van der Waals surface area contributed by atoms with E-state index in [1.165, 1.54) is 0 Å². The van der Waals surface area contributed by atoms with Gasteiger partial charge >= 0.3 is 6.03 Å². The van der Waals surface area contributed by atoms with Gasteiger partial charge in [0.1, 0.15) is 11.5 Å². The molecule has 0 radical (unpaired) electrons. The maximum Gasteiger partial charge on any atom is 0.319 e. The van der Waals surface area contributed by atoms with Crippen LogP contribution in [0, 0.1) is 5.41 Å². The fraction of sp³-hybridized carbons (Fsp3) is 0.484. The molecule has 2 aromatic carbocycles. The van der Waals surface area contributed by atoms with Crippen LogP contribution in [0.3, 0.4) is 0 Å². The molecule has 1 aromatic heterocycles. The number of nitrogens with one attached hydrogen (secondary N) is 2. The molecule has 0 spiro atoms. The first-order valence-electron chi connectivity index (χ1n) is 14.0. The van der Waals surface area contributed by atoms with Crippen LogP contribution in [0.15, 0.2) is 48.7 Å². The van der Waals surface area contributed by atoms with Gasteiger partial charge in [-0.15, -0.1) is 24.8 Å². The molecule has 1 aliphatic heterocycles. The van der Waals surface area contributed by atoms with Crippen LogP contribution in [0.25, 0.3) is 10.9 Å².